The van der Waals surface area contributed by atoms with E-state index in [4.69, 9.17) is 0 Å². The highest BCUT2D eigenvalue weighted by molar-refractivity contribution is 7.15. The average Bonchev–Trinajstić information content (AvgIpc) is 3.28. The van der Waals surface area contributed by atoms with Crippen molar-refractivity contribution in [1.82, 2.24) is 0 Å². The van der Waals surface area contributed by atoms with Gasteiger partial charge in [-0.3, -0.25) is 0 Å². The third-order valence-electron chi connectivity index (χ3n) is 8.29. The molecule has 0 atom stereocenters. The van der Waals surface area contributed by atoms with E-state index in [0.717, 1.165) is 0 Å². The van der Waals surface area contributed by atoms with Crippen LogP contribution < -0.4 is 0 Å². The van der Waals surface area contributed by atoms with Crippen molar-refractivity contribution in [2.45, 2.75) is 90.9 Å². The van der Waals surface area contributed by atoms with E-state index >= 15 is 0 Å². The van der Waals surface area contributed by atoms with Crippen LogP contribution >= 0.6 is 11.3 Å². The lowest BCUT2D eigenvalue weighted by molar-refractivity contribution is 0.505. The van der Waals surface area contributed by atoms with Crippen molar-refractivity contribution in [3.8, 4) is 21.6 Å². The minimum Gasteiger partial charge on any atom is -0.140 e. The fourth-order valence-electron chi connectivity index (χ4n) is 5.27. The standard InChI is InChI=1S/C30H36S/c1-7-29(3,4)24-17-21-11-9-19-15-23(25-13-14-26(31-25)30(5,6)8-2)16-20-10-12-22(18-24)28(21)27(19)20/h13-18H,7-12H2,1-6H3. The first-order chi connectivity index (χ1) is 14.7. The Bertz CT molecular complexity index is 1100. The molecule has 2 aliphatic carbocycles. The fourth-order valence-corrected chi connectivity index (χ4v) is 6.44. The van der Waals surface area contributed by atoms with Gasteiger partial charge in [-0.1, -0.05) is 53.7 Å². The van der Waals surface area contributed by atoms with E-state index in [1.54, 1.807) is 33.4 Å². The van der Waals surface area contributed by atoms with Crippen LogP contribution in [0.5, 0.6) is 0 Å². The van der Waals surface area contributed by atoms with Gasteiger partial charge in [-0.2, -0.15) is 0 Å². The number of benzene rings is 2. The first-order valence-electron chi connectivity index (χ1n) is 12.2. The van der Waals surface area contributed by atoms with Crippen LogP contribution in [0.15, 0.2) is 36.4 Å². The van der Waals surface area contributed by atoms with Gasteiger partial charge >= 0.3 is 0 Å². The van der Waals surface area contributed by atoms with Crippen LogP contribution in [0.3, 0.4) is 0 Å². The third kappa shape index (κ3) is 3.41. The summed E-state index contributed by atoms with van der Waals surface area (Å²) in [6.45, 7) is 14.1. The van der Waals surface area contributed by atoms with Crippen LogP contribution in [0, 0.1) is 0 Å². The Morgan fingerprint density at radius 1 is 0.677 bits per heavy atom. The molecule has 0 amide bonds. The Kier molecular flexibility index (Phi) is 4.97. The normalized spacial score (nSPS) is 15.2. The zero-order chi connectivity index (χ0) is 22.0. The van der Waals surface area contributed by atoms with Gasteiger partial charge in [0, 0.05) is 9.75 Å². The van der Waals surface area contributed by atoms with Crippen molar-refractivity contribution < 1.29 is 0 Å². The summed E-state index contributed by atoms with van der Waals surface area (Å²) in [6, 6.07) is 14.8. The molecule has 0 nitrogen and oxygen atoms in total. The Balaban J connectivity index is 1.60. The molecule has 0 unspecified atom stereocenters. The van der Waals surface area contributed by atoms with Gasteiger partial charge in [0.25, 0.3) is 0 Å². The summed E-state index contributed by atoms with van der Waals surface area (Å²) >= 11 is 2.00. The predicted molar refractivity (Wildman–Crippen MR) is 137 cm³/mol. The third-order valence-corrected chi connectivity index (χ3v) is 9.79. The number of aryl methyl sites for hydroxylation is 4. The fraction of sp³-hybridized carbons (Fsp3) is 0.467. The number of rotatable bonds is 5. The number of hydrogen-bond donors (Lipinski definition) is 0. The van der Waals surface area contributed by atoms with Crippen LogP contribution in [0.2, 0.25) is 0 Å². The van der Waals surface area contributed by atoms with Crippen LogP contribution in [0.1, 0.15) is 87.1 Å². The molecule has 1 heterocycles. The molecule has 162 valence electrons. The minimum atomic E-state index is 0.263. The molecule has 0 radical (unpaired) electrons. The van der Waals surface area contributed by atoms with Crippen molar-refractivity contribution in [2.24, 2.45) is 0 Å². The smallest absolute Gasteiger partial charge is 0.0346 e. The van der Waals surface area contributed by atoms with Gasteiger partial charge in [-0.25, -0.2) is 0 Å². The highest BCUT2D eigenvalue weighted by Gasteiger charge is 2.29. The molecule has 1 aromatic heterocycles. The van der Waals surface area contributed by atoms with E-state index in [1.807, 2.05) is 11.3 Å². The second-order valence-corrected chi connectivity index (χ2v) is 12.1. The van der Waals surface area contributed by atoms with Crippen molar-refractivity contribution >= 4 is 11.3 Å². The zero-order valence-electron chi connectivity index (χ0n) is 20.1. The molecule has 2 aliphatic rings. The van der Waals surface area contributed by atoms with Crippen molar-refractivity contribution in [1.29, 1.82) is 0 Å². The molecule has 0 fully saturated rings. The Morgan fingerprint density at radius 3 is 1.65 bits per heavy atom. The van der Waals surface area contributed by atoms with Gasteiger partial charge in [-0.05, 0) is 118 Å². The van der Waals surface area contributed by atoms with Crippen molar-refractivity contribution in [3.63, 3.8) is 0 Å². The summed E-state index contributed by atoms with van der Waals surface area (Å²) in [5.74, 6) is 0. The molecule has 0 saturated carbocycles. The number of hydrogen-bond acceptors (Lipinski definition) is 1. The lowest BCUT2D eigenvalue weighted by atomic mass is 9.71. The van der Waals surface area contributed by atoms with Gasteiger partial charge in [0.05, 0.1) is 0 Å². The summed E-state index contributed by atoms with van der Waals surface area (Å²) in [5.41, 5.74) is 13.0. The maximum absolute atomic E-state index is 2.53. The quantitative estimate of drug-likeness (QED) is 0.381. The van der Waals surface area contributed by atoms with E-state index in [0.29, 0.717) is 0 Å². The first-order valence-corrected chi connectivity index (χ1v) is 13.0. The van der Waals surface area contributed by atoms with E-state index in [9.17, 15) is 0 Å². The molecule has 0 bridgehead atoms. The van der Waals surface area contributed by atoms with E-state index in [1.165, 1.54) is 59.4 Å². The van der Waals surface area contributed by atoms with Crippen LogP contribution in [0.4, 0.5) is 0 Å². The van der Waals surface area contributed by atoms with Crippen LogP contribution in [0.25, 0.3) is 21.6 Å². The zero-order valence-corrected chi connectivity index (χ0v) is 20.9. The molecule has 0 saturated heterocycles. The molecule has 5 rings (SSSR count). The molecule has 2 aromatic carbocycles. The van der Waals surface area contributed by atoms with E-state index in [-0.39, 0.29) is 10.8 Å². The van der Waals surface area contributed by atoms with Crippen LogP contribution in [-0.2, 0) is 36.5 Å². The minimum absolute atomic E-state index is 0.263. The van der Waals surface area contributed by atoms with Crippen LogP contribution in [-0.4, -0.2) is 0 Å². The molecular formula is C30H36S. The maximum Gasteiger partial charge on any atom is 0.0346 e. The summed E-state index contributed by atoms with van der Waals surface area (Å²) in [7, 11) is 0. The lowest BCUT2D eigenvalue weighted by Crippen LogP contribution is -2.20. The van der Waals surface area contributed by atoms with Gasteiger partial charge in [0.1, 0.15) is 0 Å². The predicted octanol–water partition coefficient (Wildman–Crippen LogP) is 8.65. The summed E-state index contributed by atoms with van der Waals surface area (Å²) in [5, 5.41) is 0. The molecule has 3 aromatic rings. The van der Waals surface area contributed by atoms with Gasteiger partial charge in [0.15, 0.2) is 0 Å². The Morgan fingerprint density at radius 2 is 1.16 bits per heavy atom. The Labute approximate surface area is 192 Å². The molecule has 0 N–H and O–H groups in total. The summed E-state index contributed by atoms with van der Waals surface area (Å²) in [4.78, 5) is 2.95. The van der Waals surface area contributed by atoms with E-state index < -0.39 is 0 Å². The largest absolute Gasteiger partial charge is 0.140 e. The topological polar surface area (TPSA) is 0 Å². The summed E-state index contributed by atoms with van der Waals surface area (Å²) in [6.07, 6.45) is 7.09. The van der Waals surface area contributed by atoms with Gasteiger partial charge in [0.2, 0.25) is 0 Å². The highest BCUT2D eigenvalue weighted by atomic mass is 32.1. The monoisotopic (exact) mass is 428 g/mol. The Hall–Kier alpha value is -1.86. The molecular weight excluding hydrogens is 392 g/mol. The second kappa shape index (κ2) is 7.34. The van der Waals surface area contributed by atoms with E-state index in [2.05, 4.69) is 77.9 Å². The first kappa shape index (κ1) is 21.0. The second-order valence-electron chi connectivity index (χ2n) is 11.0. The average molecular weight is 429 g/mol. The molecule has 0 aliphatic heterocycles. The van der Waals surface area contributed by atoms with Crippen molar-refractivity contribution in [2.75, 3.05) is 0 Å². The number of thiophene rings is 1. The highest BCUT2D eigenvalue weighted by Crippen LogP contribution is 2.47. The summed E-state index contributed by atoms with van der Waals surface area (Å²) < 4.78 is 0. The molecule has 0 spiro atoms. The lowest BCUT2D eigenvalue weighted by Gasteiger charge is -2.33. The molecule has 31 heavy (non-hydrogen) atoms. The van der Waals surface area contributed by atoms with Gasteiger partial charge in [-0.15, -0.1) is 11.3 Å². The van der Waals surface area contributed by atoms with Crippen molar-refractivity contribution in [3.05, 3.63) is 69.1 Å². The molecule has 1 heteroatoms. The SMILES string of the molecule is CCC(C)(C)c1cc2c3c(c1)CCc1cc(-c4ccc(C(C)(C)CC)s4)cc(c1-3)CC2. The maximum atomic E-state index is 2.53. The van der Waals surface area contributed by atoms with Gasteiger partial charge < -0.3 is 0 Å².